The average Bonchev–Trinajstić information content (AvgIpc) is 2.33. The molecule has 4 heteroatoms. The first-order chi connectivity index (χ1) is 8.81. The van der Waals surface area contributed by atoms with Crippen LogP contribution in [0.3, 0.4) is 0 Å². The summed E-state index contributed by atoms with van der Waals surface area (Å²) in [4.78, 5) is 0. The van der Waals surface area contributed by atoms with Gasteiger partial charge in [-0.2, -0.15) is 0 Å². The summed E-state index contributed by atoms with van der Waals surface area (Å²) in [6.07, 6.45) is 0. The van der Waals surface area contributed by atoms with Gasteiger partial charge in [-0.1, -0.05) is 24.2 Å². The van der Waals surface area contributed by atoms with Gasteiger partial charge in [0.15, 0.2) is 11.5 Å². The molecular formula is C15H22ClNO2. The molecule has 1 rings (SSSR count). The summed E-state index contributed by atoms with van der Waals surface area (Å²) in [6, 6.07) is 5.86. The molecule has 0 aliphatic carbocycles. The molecule has 0 aliphatic heterocycles. The van der Waals surface area contributed by atoms with E-state index in [-0.39, 0.29) is 12.1 Å². The molecule has 0 spiro atoms. The fraction of sp³-hybridized carbons (Fsp3) is 0.467. The zero-order chi connectivity index (χ0) is 14.5. The van der Waals surface area contributed by atoms with Crippen molar-refractivity contribution in [3.63, 3.8) is 0 Å². The van der Waals surface area contributed by atoms with Gasteiger partial charge in [0.25, 0.3) is 0 Å². The molecule has 0 saturated carbocycles. The van der Waals surface area contributed by atoms with Gasteiger partial charge >= 0.3 is 0 Å². The van der Waals surface area contributed by atoms with Crippen LogP contribution in [0.4, 0.5) is 0 Å². The molecule has 0 aromatic heterocycles. The van der Waals surface area contributed by atoms with Crippen molar-refractivity contribution >= 4 is 11.6 Å². The first-order valence-corrected chi connectivity index (χ1v) is 6.57. The van der Waals surface area contributed by atoms with Gasteiger partial charge in [-0.15, -0.1) is 0 Å². The molecule has 0 fully saturated rings. The average molecular weight is 284 g/mol. The van der Waals surface area contributed by atoms with E-state index in [9.17, 15) is 0 Å². The van der Waals surface area contributed by atoms with Crippen LogP contribution >= 0.6 is 11.6 Å². The second-order valence-corrected chi connectivity index (χ2v) is 5.93. The lowest BCUT2D eigenvalue weighted by Gasteiger charge is -2.21. The van der Waals surface area contributed by atoms with Crippen molar-refractivity contribution in [2.24, 2.45) is 0 Å². The van der Waals surface area contributed by atoms with Gasteiger partial charge in [-0.3, -0.25) is 0 Å². The summed E-state index contributed by atoms with van der Waals surface area (Å²) in [5.74, 6) is 1.37. The maximum absolute atomic E-state index is 5.71. The number of halogens is 1. The third kappa shape index (κ3) is 5.99. The van der Waals surface area contributed by atoms with Crippen LogP contribution in [-0.2, 0) is 6.54 Å². The Hall–Kier alpha value is -1.19. The standard InChI is InChI=1S/C15H22ClNO2/c1-11(16)10-19-14-8-12(6-7-13(14)18-5)9-17-15(2,3)4/h6-8,17H,1,9-10H2,2-5H3. The van der Waals surface area contributed by atoms with E-state index in [2.05, 4.69) is 32.7 Å². The SMILES string of the molecule is C=C(Cl)COc1cc(CNC(C)(C)C)ccc1OC. The second kappa shape index (κ2) is 6.83. The topological polar surface area (TPSA) is 30.5 Å². The van der Waals surface area contributed by atoms with Crippen LogP contribution in [0, 0.1) is 0 Å². The smallest absolute Gasteiger partial charge is 0.162 e. The molecule has 106 valence electrons. The predicted molar refractivity (Wildman–Crippen MR) is 80.1 cm³/mol. The first kappa shape index (κ1) is 15.9. The Bertz CT molecular complexity index is 438. The first-order valence-electron chi connectivity index (χ1n) is 6.20. The zero-order valence-electron chi connectivity index (χ0n) is 12.0. The fourth-order valence-corrected chi connectivity index (χ4v) is 1.52. The quantitative estimate of drug-likeness (QED) is 0.863. The van der Waals surface area contributed by atoms with E-state index in [4.69, 9.17) is 21.1 Å². The van der Waals surface area contributed by atoms with Gasteiger partial charge in [0, 0.05) is 17.1 Å². The molecule has 1 aromatic carbocycles. The fourth-order valence-electron chi connectivity index (χ4n) is 1.47. The summed E-state index contributed by atoms with van der Waals surface area (Å²) >= 11 is 5.71. The maximum atomic E-state index is 5.71. The number of hydrogen-bond donors (Lipinski definition) is 1. The Morgan fingerprint density at radius 1 is 1.32 bits per heavy atom. The number of nitrogens with one attached hydrogen (secondary N) is 1. The van der Waals surface area contributed by atoms with Crippen LogP contribution in [0.2, 0.25) is 0 Å². The summed E-state index contributed by atoms with van der Waals surface area (Å²) in [6.45, 7) is 11.0. The molecule has 0 radical (unpaired) electrons. The molecule has 0 saturated heterocycles. The van der Waals surface area contributed by atoms with Gasteiger partial charge in [-0.05, 0) is 38.5 Å². The molecule has 1 aromatic rings. The zero-order valence-corrected chi connectivity index (χ0v) is 12.8. The Kier molecular flexibility index (Phi) is 5.70. The number of ether oxygens (including phenoxy) is 2. The lowest BCUT2D eigenvalue weighted by Crippen LogP contribution is -2.35. The highest BCUT2D eigenvalue weighted by molar-refractivity contribution is 6.29. The van der Waals surface area contributed by atoms with Crippen LogP contribution in [-0.4, -0.2) is 19.3 Å². The Labute approximate surface area is 120 Å². The molecule has 0 unspecified atom stereocenters. The largest absolute Gasteiger partial charge is 0.493 e. The van der Waals surface area contributed by atoms with Gasteiger partial charge in [0.05, 0.1) is 7.11 Å². The molecular weight excluding hydrogens is 262 g/mol. The highest BCUT2D eigenvalue weighted by Gasteiger charge is 2.10. The Morgan fingerprint density at radius 2 is 2.00 bits per heavy atom. The monoisotopic (exact) mass is 283 g/mol. The third-order valence-electron chi connectivity index (χ3n) is 2.44. The van der Waals surface area contributed by atoms with E-state index in [1.54, 1.807) is 7.11 Å². The second-order valence-electron chi connectivity index (χ2n) is 5.39. The molecule has 1 N–H and O–H groups in total. The van der Waals surface area contributed by atoms with Gasteiger partial charge in [0.1, 0.15) is 6.61 Å². The van der Waals surface area contributed by atoms with Gasteiger partial charge in [-0.25, -0.2) is 0 Å². The molecule has 0 bridgehead atoms. The Morgan fingerprint density at radius 3 is 2.53 bits per heavy atom. The summed E-state index contributed by atoms with van der Waals surface area (Å²) in [5.41, 5.74) is 1.21. The number of methoxy groups -OCH3 is 1. The van der Waals surface area contributed by atoms with Crippen LogP contribution in [0.5, 0.6) is 11.5 Å². The van der Waals surface area contributed by atoms with Crippen molar-refractivity contribution in [1.29, 1.82) is 0 Å². The minimum Gasteiger partial charge on any atom is -0.493 e. The summed E-state index contributed by atoms with van der Waals surface area (Å²) in [7, 11) is 1.62. The van der Waals surface area contributed by atoms with E-state index < -0.39 is 0 Å². The molecule has 0 amide bonds. The van der Waals surface area contributed by atoms with E-state index in [0.717, 1.165) is 12.1 Å². The molecule has 3 nitrogen and oxygen atoms in total. The van der Waals surface area contributed by atoms with Crippen molar-refractivity contribution in [3.05, 3.63) is 35.4 Å². The van der Waals surface area contributed by atoms with Crippen molar-refractivity contribution in [2.45, 2.75) is 32.9 Å². The molecule has 19 heavy (non-hydrogen) atoms. The van der Waals surface area contributed by atoms with Gasteiger partial charge < -0.3 is 14.8 Å². The molecule has 0 heterocycles. The highest BCUT2D eigenvalue weighted by Crippen LogP contribution is 2.28. The number of hydrogen-bond acceptors (Lipinski definition) is 3. The van der Waals surface area contributed by atoms with Crippen molar-refractivity contribution in [2.75, 3.05) is 13.7 Å². The number of benzene rings is 1. The van der Waals surface area contributed by atoms with Gasteiger partial charge in [0.2, 0.25) is 0 Å². The minimum absolute atomic E-state index is 0.0748. The highest BCUT2D eigenvalue weighted by atomic mass is 35.5. The third-order valence-corrected chi connectivity index (χ3v) is 2.54. The molecule has 0 atom stereocenters. The Balaban J connectivity index is 2.79. The van der Waals surface area contributed by atoms with E-state index in [1.165, 1.54) is 0 Å². The number of rotatable bonds is 6. The van der Waals surface area contributed by atoms with Crippen LogP contribution < -0.4 is 14.8 Å². The van der Waals surface area contributed by atoms with Crippen molar-refractivity contribution < 1.29 is 9.47 Å². The lowest BCUT2D eigenvalue weighted by atomic mass is 10.1. The van der Waals surface area contributed by atoms with E-state index >= 15 is 0 Å². The maximum Gasteiger partial charge on any atom is 0.162 e. The van der Waals surface area contributed by atoms with Crippen LogP contribution in [0.1, 0.15) is 26.3 Å². The van der Waals surface area contributed by atoms with Crippen LogP contribution in [0.15, 0.2) is 29.8 Å². The van der Waals surface area contributed by atoms with E-state index in [0.29, 0.717) is 16.5 Å². The summed E-state index contributed by atoms with van der Waals surface area (Å²) < 4.78 is 10.8. The van der Waals surface area contributed by atoms with E-state index in [1.807, 2.05) is 18.2 Å². The predicted octanol–water partition coefficient (Wildman–Crippen LogP) is 3.71. The summed E-state index contributed by atoms with van der Waals surface area (Å²) in [5, 5.41) is 3.89. The van der Waals surface area contributed by atoms with Crippen LogP contribution in [0.25, 0.3) is 0 Å². The van der Waals surface area contributed by atoms with Crippen molar-refractivity contribution in [1.82, 2.24) is 5.32 Å². The molecule has 0 aliphatic rings. The minimum atomic E-state index is 0.0748. The normalized spacial score (nSPS) is 11.2. The van der Waals surface area contributed by atoms with Crippen molar-refractivity contribution in [3.8, 4) is 11.5 Å². The lowest BCUT2D eigenvalue weighted by molar-refractivity contribution is 0.323.